The quantitative estimate of drug-likeness (QED) is 0.572. The topological polar surface area (TPSA) is 98.5 Å². The Morgan fingerprint density at radius 3 is 2.62 bits per heavy atom. The lowest BCUT2D eigenvalue weighted by Gasteiger charge is -2.07. The molecule has 16 heavy (non-hydrogen) atoms. The number of esters is 1. The third kappa shape index (κ3) is 8.63. The molecule has 0 rings (SSSR count). The molecule has 0 aromatic rings. The lowest BCUT2D eigenvalue weighted by atomic mass is 10.3. The van der Waals surface area contributed by atoms with Crippen LogP contribution >= 0.6 is 0 Å². The van der Waals surface area contributed by atoms with Crippen LogP contribution in [0.25, 0.3) is 0 Å². The number of carbonyl (C=O) groups is 1. The van der Waals surface area contributed by atoms with Gasteiger partial charge in [0.15, 0.2) is 0 Å². The Morgan fingerprint density at radius 1 is 1.50 bits per heavy atom. The van der Waals surface area contributed by atoms with E-state index in [9.17, 15) is 13.2 Å². The van der Waals surface area contributed by atoms with Crippen LogP contribution in [-0.2, 0) is 19.6 Å². The average Bonchev–Trinajstić information content (AvgIpc) is 2.16. The van der Waals surface area contributed by atoms with Gasteiger partial charge in [0.2, 0.25) is 10.0 Å². The van der Waals surface area contributed by atoms with E-state index >= 15 is 0 Å². The highest BCUT2D eigenvalue weighted by Gasteiger charge is 2.11. The summed E-state index contributed by atoms with van der Waals surface area (Å²) in [6.45, 7) is 2.14. The van der Waals surface area contributed by atoms with Crippen LogP contribution in [-0.4, -0.2) is 39.8 Å². The van der Waals surface area contributed by atoms with E-state index in [1.54, 1.807) is 0 Å². The molecule has 0 saturated carbocycles. The van der Waals surface area contributed by atoms with Crippen LogP contribution in [0.4, 0.5) is 0 Å². The molecule has 0 fully saturated rings. The predicted molar refractivity (Wildman–Crippen MR) is 61.3 cm³/mol. The minimum atomic E-state index is -3.29. The maximum absolute atomic E-state index is 11.4. The fourth-order valence-corrected chi connectivity index (χ4v) is 2.12. The zero-order valence-electron chi connectivity index (χ0n) is 9.73. The Bertz CT molecular complexity index is 301. The van der Waals surface area contributed by atoms with Crippen molar-refractivity contribution in [1.82, 2.24) is 4.72 Å². The molecular formula is C9H20N2O4S. The molecule has 0 aliphatic heterocycles. The van der Waals surface area contributed by atoms with Crippen molar-refractivity contribution in [3.8, 4) is 0 Å². The van der Waals surface area contributed by atoms with Crippen LogP contribution in [0.5, 0.6) is 0 Å². The lowest BCUT2D eigenvalue weighted by molar-refractivity contribution is -0.140. The van der Waals surface area contributed by atoms with Crippen LogP contribution in [0.1, 0.15) is 26.2 Å². The van der Waals surface area contributed by atoms with Gasteiger partial charge >= 0.3 is 5.97 Å². The molecule has 0 spiro atoms. The van der Waals surface area contributed by atoms with Crippen molar-refractivity contribution in [2.45, 2.75) is 32.2 Å². The van der Waals surface area contributed by atoms with Gasteiger partial charge in [-0.2, -0.15) is 0 Å². The number of methoxy groups -OCH3 is 1. The molecule has 96 valence electrons. The smallest absolute Gasteiger partial charge is 0.305 e. The molecule has 0 radical (unpaired) electrons. The molecule has 0 aliphatic carbocycles. The van der Waals surface area contributed by atoms with Crippen molar-refractivity contribution < 1.29 is 17.9 Å². The molecule has 0 bridgehead atoms. The molecule has 0 amide bonds. The van der Waals surface area contributed by atoms with Crippen molar-refractivity contribution in [3.05, 3.63) is 0 Å². The summed E-state index contributed by atoms with van der Waals surface area (Å²) in [4.78, 5) is 10.7. The normalized spacial score (nSPS) is 13.4. The number of nitrogens with two attached hydrogens (primary N) is 1. The molecule has 0 heterocycles. The van der Waals surface area contributed by atoms with Gasteiger partial charge in [-0.3, -0.25) is 4.79 Å². The lowest BCUT2D eigenvalue weighted by Crippen LogP contribution is -2.30. The second-order valence-corrected chi connectivity index (χ2v) is 5.59. The van der Waals surface area contributed by atoms with Gasteiger partial charge in [-0.25, -0.2) is 13.1 Å². The first-order chi connectivity index (χ1) is 7.37. The van der Waals surface area contributed by atoms with Gasteiger partial charge in [-0.1, -0.05) is 0 Å². The molecule has 0 aromatic heterocycles. The first-order valence-electron chi connectivity index (χ1n) is 5.17. The van der Waals surface area contributed by atoms with Gasteiger partial charge in [0.1, 0.15) is 0 Å². The predicted octanol–water partition coefficient (Wildman–Crippen LogP) is -0.404. The largest absolute Gasteiger partial charge is 0.469 e. The Morgan fingerprint density at radius 2 is 2.12 bits per heavy atom. The van der Waals surface area contributed by atoms with Crippen molar-refractivity contribution >= 4 is 16.0 Å². The van der Waals surface area contributed by atoms with Crippen LogP contribution in [0.3, 0.4) is 0 Å². The SMILES string of the molecule is COC(=O)CCCS(=O)(=O)NCCC(C)N. The summed E-state index contributed by atoms with van der Waals surface area (Å²) >= 11 is 0. The number of nitrogens with one attached hydrogen (secondary N) is 1. The fourth-order valence-electron chi connectivity index (χ4n) is 1.02. The van der Waals surface area contributed by atoms with Crippen molar-refractivity contribution in [3.63, 3.8) is 0 Å². The van der Waals surface area contributed by atoms with E-state index in [1.165, 1.54) is 7.11 Å². The van der Waals surface area contributed by atoms with E-state index in [0.29, 0.717) is 13.0 Å². The summed E-state index contributed by atoms with van der Waals surface area (Å²) in [6, 6.07) is -0.0298. The van der Waals surface area contributed by atoms with Gasteiger partial charge < -0.3 is 10.5 Å². The number of carbonyl (C=O) groups excluding carboxylic acids is 1. The molecule has 1 unspecified atom stereocenters. The highest BCUT2D eigenvalue weighted by Crippen LogP contribution is 1.97. The van der Waals surface area contributed by atoms with Gasteiger partial charge in [-0.15, -0.1) is 0 Å². The monoisotopic (exact) mass is 252 g/mol. The molecule has 6 nitrogen and oxygen atoms in total. The van der Waals surface area contributed by atoms with Gasteiger partial charge in [0.05, 0.1) is 12.9 Å². The minimum Gasteiger partial charge on any atom is -0.469 e. The second kappa shape index (κ2) is 7.59. The fraction of sp³-hybridized carbons (Fsp3) is 0.889. The minimum absolute atomic E-state index is 0.0298. The molecule has 7 heteroatoms. The molecular weight excluding hydrogens is 232 g/mol. The third-order valence-corrected chi connectivity index (χ3v) is 3.41. The second-order valence-electron chi connectivity index (χ2n) is 3.66. The van der Waals surface area contributed by atoms with Crippen LogP contribution < -0.4 is 10.5 Å². The number of rotatable bonds is 8. The van der Waals surface area contributed by atoms with E-state index < -0.39 is 16.0 Å². The maximum Gasteiger partial charge on any atom is 0.305 e. The van der Waals surface area contributed by atoms with Crippen LogP contribution in [0.15, 0.2) is 0 Å². The zero-order chi connectivity index (χ0) is 12.6. The van der Waals surface area contributed by atoms with Crippen molar-refractivity contribution in [2.24, 2.45) is 5.73 Å². The number of ether oxygens (including phenoxy) is 1. The first kappa shape index (κ1) is 15.3. The number of hydrogen-bond donors (Lipinski definition) is 2. The molecule has 0 saturated heterocycles. The van der Waals surface area contributed by atoms with Gasteiger partial charge in [-0.05, 0) is 19.8 Å². The van der Waals surface area contributed by atoms with Crippen LogP contribution in [0.2, 0.25) is 0 Å². The summed E-state index contributed by atoms with van der Waals surface area (Å²) in [7, 11) is -2.02. The highest BCUT2D eigenvalue weighted by molar-refractivity contribution is 7.89. The standard InChI is InChI=1S/C9H20N2O4S/c1-8(10)5-6-11-16(13,14)7-3-4-9(12)15-2/h8,11H,3-7,10H2,1-2H3. The Hall–Kier alpha value is -0.660. The van der Waals surface area contributed by atoms with Gasteiger partial charge in [0, 0.05) is 19.0 Å². The summed E-state index contributed by atoms with van der Waals surface area (Å²) in [5.74, 6) is -0.466. The first-order valence-corrected chi connectivity index (χ1v) is 6.82. The molecule has 0 aliphatic rings. The Labute approximate surface area is 96.6 Å². The summed E-state index contributed by atoms with van der Waals surface area (Å²) in [6.07, 6.45) is 0.973. The van der Waals surface area contributed by atoms with Gasteiger partial charge in [0.25, 0.3) is 0 Å². The summed E-state index contributed by atoms with van der Waals surface area (Å²) < 4.78 is 29.6. The van der Waals surface area contributed by atoms with E-state index in [4.69, 9.17) is 5.73 Å². The third-order valence-electron chi connectivity index (χ3n) is 1.94. The number of hydrogen-bond acceptors (Lipinski definition) is 5. The molecule has 3 N–H and O–H groups in total. The van der Waals surface area contributed by atoms with E-state index in [0.717, 1.165) is 0 Å². The van der Waals surface area contributed by atoms with E-state index in [2.05, 4.69) is 9.46 Å². The van der Waals surface area contributed by atoms with Crippen LogP contribution in [0, 0.1) is 0 Å². The highest BCUT2D eigenvalue weighted by atomic mass is 32.2. The average molecular weight is 252 g/mol. The summed E-state index contributed by atoms with van der Waals surface area (Å²) in [5.41, 5.74) is 5.48. The molecule has 1 atom stereocenters. The number of sulfonamides is 1. The summed E-state index contributed by atoms with van der Waals surface area (Å²) in [5, 5.41) is 0. The van der Waals surface area contributed by atoms with E-state index in [1.807, 2.05) is 6.92 Å². The molecule has 0 aromatic carbocycles. The van der Waals surface area contributed by atoms with Crippen molar-refractivity contribution in [2.75, 3.05) is 19.4 Å². The Kier molecular flexibility index (Phi) is 7.27. The Balaban J connectivity index is 3.75. The van der Waals surface area contributed by atoms with E-state index in [-0.39, 0.29) is 24.6 Å². The maximum atomic E-state index is 11.4. The zero-order valence-corrected chi connectivity index (χ0v) is 10.5. The van der Waals surface area contributed by atoms with Crippen molar-refractivity contribution in [1.29, 1.82) is 0 Å².